The molecule has 0 amide bonds. The number of hydrogen-bond donors (Lipinski definition) is 2. The van der Waals surface area contributed by atoms with Crippen LogP contribution >= 0.6 is 11.6 Å². The highest BCUT2D eigenvalue weighted by molar-refractivity contribution is 6.31. The molecular weight excluding hydrogens is 274 g/mol. The lowest BCUT2D eigenvalue weighted by Crippen LogP contribution is -2.04. The number of H-pyrrole nitrogens is 1. The van der Waals surface area contributed by atoms with Crippen molar-refractivity contribution in [2.75, 3.05) is 5.32 Å². The molecule has 0 saturated carbocycles. The summed E-state index contributed by atoms with van der Waals surface area (Å²) in [6.45, 7) is 4.66. The van der Waals surface area contributed by atoms with Crippen molar-refractivity contribution in [1.82, 2.24) is 20.2 Å². The first-order valence-electron chi connectivity index (χ1n) is 6.29. The van der Waals surface area contributed by atoms with Gasteiger partial charge >= 0.3 is 0 Å². The van der Waals surface area contributed by atoms with E-state index < -0.39 is 0 Å². The Hall–Kier alpha value is -2.14. The molecule has 0 atom stereocenters. The molecule has 20 heavy (non-hydrogen) atoms. The molecular formula is C14H14ClN5. The van der Waals surface area contributed by atoms with E-state index in [2.05, 4.69) is 25.5 Å². The Kier molecular flexibility index (Phi) is 3.28. The minimum atomic E-state index is 0.670. The van der Waals surface area contributed by atoms with Crippen LogP contribution in [-0.4, -0.2) is 20.2 Å². The largest absolute Gasteiger partial charge is 0.365 e. The van der Waals surface area contributed by atoms with Crippen LogP contribution in [0.4, 0.5) is 5.82 Å². The summed E-state index contributed by atoms with van der Waals surface area (Å²) in [7, 11) is 0. The van der Waals surface area contributed by atoms with Crippen LogP contribution in [0.25, 0.3) is 10.9 Å². The fourth-order valence-electron chi connectivity index (χ4n) is 2.18. The number of nitrogens with one attached hydrogen (secondary N) is 2. The van der Waals surface area contributed by atoms with Gasteiger partial charge in [0.1, 0.15) is 12.1 Å². The van der Waals surface area contributed by atoms with Gasteiger partial charge in [-0.25, -0.2) is 9.97 Å². The number of anilines is 1. The lowest BCUT2D eigenvalue weighted by Gasteiger charge is -2.08. The summed E-state index contributed by atoms with van der Waals surface area (Å²) < 4.78 is 0. The first-order chi connectivity index (χ1) is 9.65. The molecule has 102 valence electrons. The average Bonchev–Trinajstić information content (AvgIpc) is 2.75. The number of aryl methyl sites for hydroxylation is 2. The Bertz CT molecular complexity index is 746. The molecule has 6 heteroatoms. The van der Waals surface area contributed by atoms with Crippen molar-refractivity contribution in [3.05, 3.63) is 46.5 Å². The Balaban J connectivity index is 1.92. The van der Waals surface area contributed by atoms with Gasteiger partial charge < -0.3 is 5.32 Å². The van der Waals surface area contributed by atoms with Gasteiger partial charge in [0.25, 0.3) is 0 Å². The highest BCUT2D eigenvalue weighted by atomic mass is 35.5. The number of benzene rings is 1. The molecule has 0 aliphatic heterocycles. The van der Waals surface area contributed by atoms with Gasteiger partial charge in [-0.15, -0.1) is 0 Å². The second-order valence-electron chi connectivity index (χ2n) is 4.65. The van der Waals surface area contributed by atoms with Crippen molar-refractivity contribution in [3.63, 3.8) is 0 Å². The monoisotopic (exact) mass is 287 g/mol. The highest BCUT2D eigenvalue weighted by Crippen LogP contribution is 2.23. The third-order valence-electron chi connectivity index (χ3n) is 3.31. The molecule has 0 fully saturated rings. The number of halogens is 1. The zero-order chi connectivity index (χ0) is 14.1. The molecule has 3 rings (SSSR count). The van der Waals surface area contributed by atoms with E-state index in [0.29, 0.717) is 11.6 Å². The minimum absolute atomic E-state index is 0.670. The Morgan fingerprint density at radius 2 is 2.10 bits per heavy atom. The van der Waals surface area contributed by atoms with E-state index in [-0.39, 0.29) is 0 Å². The molecule has 1 aromatic carbocycles. The van der Waals surface area contributed by atoms with Gasteiger partial charge in [0.15, 0.2) is 0 Å². The Morgan fingerprint density at radius 1 is 1.25 bits per heavy atom. The van der Waals surface area contributed by atoms with E-state index >= 15 is 0 Å². The van der Waals surface area contributed by atoms with E-state index in [4.69, 9.17) is 11.6 Å². The fraction of sp³-hybridized carbons (Fsp3) is 0.214. The zero-order valence-electron chi connectivity index (χ0n) is 11.2. The van der Waals surface area contributed by atoms with Gasteiger partial charge in [0.2, 0.25) is 0 Å². The molecule has 0 aliphatic carbocycles. The molecule has 0 saturated heterocycles. The van der Waals surface area contributed by atoms with E-state index in [1.165, 1.54) is 6.33 Å². The van der Waals surface area contributed by atoms with Crippen molar-refractivity contribution < 1.29 is 0 Å². The van der Waals surface area contributed by atoms with Gasteiger partial charge in [0.05, 0.1) is 11.2 Å². The van der Waals surface area contributed by atoms with Crippen LogP contribution in [-0.2, 0) is 6.54 Å². The summed E-state index contributed by atoms with van der Waals surface area (Å²) in [5, 5.41) is 12.1. The molecule has 2 N–H and O–H groups in total. The number of aromatic nitrogens is 4. The predicted molar refractivity (Wildman–Crippen MR) is 79.9 cm³/mol. The predicted octanol–water partition coefficient (Wildman–Crippen LogP) is 3.24. The van der Waals surface area contributed by atoms with Crippen LogP contribution in [0.2, 0.25) is 5.02 Å². The average molecular weight is 288 g/mol. The fourth-order valence-corrected chi connectivity index (χ4v) is 2.34. The van der Waals surface area contributed by atoms with Crippen molar-refractivity contribution >= 4 is 28.3 Å². The van der Waals surface area contributed by atoms with Crippen molar-refractivity contribution in [3.8, 4) is 0 Å². The van der Waals surface area contributed by atoms with Crippen LogP contribution in [0, 0.1) is 13.8 Å². The van der Waals surface area contributed by atoms with Gasteiger partial charge in [-0.3, -0.25) is 5.10 Å². The molecule has 0 spiro atoms. The van der Waals surface area contributed by atoms with Gasteiger partial charge in [0, 0.05) is 28.2 Å². The van der Waals surface area contributed by atoms with Crippen LogP contribution in [0.15, 0.2) is 24.5 Å². The SMILES string of the molecule is Cc1n[nH]c(C)c1CNc1ncnc2cc(Cl)ccc12. The van der Waals surface area contributed by atoms with Crippen molar-refractivity contribution in [2.45, 2.75) is 20.4 Å². The normalized spacial score (nSPS) is 10.9. The maximum absolute atomic E-state index is 5.98. The number of hydrogen-bond acceptors (Lipinski definition) is 4. The van der Waals surface area contributed by atoms with Crippen LogP contribution < -0.4 is 5.32 Å². The van der Waals surface area contributed by atoms with Crippen molar-refractivity contribution in [1.29, 1.82) is 0 Å². The highest BCUT2D eigenvalue weighted by Gasteiger charge is 2.08. The second kappa shape index (κ2) is 5.09. The number of nitrogens with zero attached hydrogens (tertiary/aromatic N) is 3. The van der Waals surface area contributed by atoms with Gasteiger partial charge in [-0.2, -0.15) is 5.10 Å². The summed E-state index contributed by atoms with van der Waals surface area (Å²) >= 11 is 5.98. The Labute approximate surface area is 121 Å². The number of rotatable bonds is 3. The molecule has 2 heterocycles. The molecule has 0 radical (unpaired) electrons. The van der Waals surface area contributed by atoms with Crippen LogP contribution in [0.3, 0.4) is 0 Å². The number of fused-ring (bicyclic) bond motifs is 1. The minimum Gasteiger partial charge on any atom is -0.365 e. The standard InChI is InChI=1S/C14H14ClN5/c1-8-12(9(2)20-19-8)6-16-14-11-4-3-10(15)5-13(11)17-7-18-14/h3-5,7H,6H2,1-2H3,(H,19,20)(H,16,17,18). The molecule has 0 aliphatic rings. The third kappa shape index (κ3) is 2.32. The molecule has 5 nitrogen and oxygen atoms in total. The topological polar surface area (TPSA) is 66.5 Å². The molecule has 2 aromatic heterocycles. The summed E-state index contributed by atoms with van der Waals surface area (Å²) in [5.41, 5.74) is 4.05. The summed E-state index contributed by atoms with van der Waals surface area (Å²) in [6.07, 6.45) is 1.54. The van der Waals surface area contributed by atoms with Crippen molar-refractivity contribution in [2.24, 2.45) is 0 Å². The summed E-state index contributed by atoms with van der Waals surface area (Å²) in [6, 6.07) is 5.60. The van der Waals surface area contributed by atoms with E-state index in [0.717, 1.165) is 33.7 Å². The summed E-state index contributed by atoms with van der Waals surface area (Å²) in [4.78, 5) is 8.53. The molecule has 3 aromatic rings. The first kappa shape index (κ1) is 12.9. The van der Waals surface area contributed by atoms with E-state index in [1.54, 1.807) is 0 Å². The van der Waals surface area contributed by atoms with E-state index in [1.807, 2.05) is 32.0 Å². The molecule has 0 bridgehead atoms. The van der Waals surface area contributed by atoms with Gasteiger partial charge in [-0.05, 0) is 32.0 Å². The smallest absolute Gasteiger partial charge is 0.137 e. The number of aromatic amines is 1. The molecule has 0 unspecified atom stereocenters. The Morgan fingerprint density at radius 3 is 2.85 bits per heavy atom. The van der Waals surface area contributed by atoms with Crippen LogP contribution in [0.5, 0.6) is 0 Å². The third-order valence-corrected chi connectivity index (χ3v) is 3.55. The second-order valence-corrected chi connectivity index (χ2v) is 5.09. The summed E-state index contributed by atoms with van der Waals surface area (Å²) in [5.74, 6) is 0.798. The maximum atomic E-state index is 5.98. The maximum Gasteiger partial charge on any atom is 0.137 e. The quantitative estimate of drug-likeness (QED) is 0.776. The lowest BCUT2D eigenvalue weighted by atomic mass is 10.2. The van der Waals surface area contributed by atoms with Gasteiger partial charge in [-0.1, -0.05) is 11.6 Å². The van der Waals surface area contributed by atoms with E-state index in [9.17, 15) is 0 Å². The first-order valence-corrected chi connectivity index (χ1v) is 6.67. The zero-order valence-corrected chi connectivity index (χ0v) is 12.0. The lowest BCUT2D eigenvalue weighted by molar-refractivity contribution is 1.02. The van der Waals surface area contributed by atoms with Crippen LogP contribution in [0.1, 0.15) is 17.0 Å².